The first-order valence-electron chi connectivity index (χ1n) is 11.7. The molecule has 30 heavy (non-hydrogen) atoms. The molecule has 2 aromatic carbocycles. The molecule has 3 nitrogen and oxygen atoms in total. The molecular weight excluding hydrogens is 372 g/mol. The molecule has 2 aromatic rings. The summed E-state index contributed by atoms with van der Waals surface area (Å²) in [5.41, 5.74) is 3.85. The van der Waals surface area contributed by atoms with Crippen LogP contribution in [0.2, 0.25) is 0 Å². The van der Waals surface area contributed by atoms with Gasteiger partial charge >= 0.3 is 6.16 Å². The fraction of sp³-hybridized carbons (Fsp3) is 0.519. The molecule has 3 heteroatoms. The molecule has 0 radical (unpaired) electrons. The molecule has 0 saturated heterocycles. The van der Waals surface area contributed by atoms with Gasteiger partial charge in [0.25, 0.3) is 0 Å². The van der Waals surface area contributed by atoms with E-state index >= 15 is 0 Å². The van der Waals surface area contributed by atoms with E-state index in [1.54, 1.807) is 0 Å². The highest BCUT2D eigenvalue weighted by molar-refractivity contribution is 5.65. The van der Waals surface area contributed by atoms with Gasteiger partial charge in [-0.2, -0.15) is 0 Å². The summed E-state index contributed by atoms with van der Waals surface area (Å²) in [5.74, 6) is 0.659. The molecule has 0 unspecified atom stereocenters. The lowest BCUT2D eigenvalue weighted by Crippen LogP contribution is -2.13. The molecule has 0 bridgehead atoms. The number of unbranched alkanes of at least 4 members (excludes halogenated alkanes) is 5. The van der Waals surface area contributed by atoms with Crippen molar-refractivity contribution in [1.82, 2.24) is 0 Å². The maximum atomic E-state index is 12.1. The minimum Gasteiger partial charge on any atom is -0.434 e. The van der Waals surface area contributed by atoms with Gasteiger partial charge < -0.3 is 9.47 Å². The predicted octanol–water partition coefficient (Wildman–Crippen LogP) is 7.69. The zero-order valence-electron chi connectivity index (χ0n) is 18.8. The van der Waals surface area contributed by atoms with Crippen molar-refractivity contribution in [2.24, 2.45) is 0 Å². The van der Waals surface area contributed by atoms with Crippen LogP contribution in [0.15, 0.2) is 48.5 Å². The van der Waals surface area contributed by atoms with Crippen LogP contribution in [0.4, 0.5) is 4.79 Å². The lowest BCUT2D eigenvalue weighted by molar-refractivity contribution is 0.0969. The molecule has 0 saturated carbocycles. The second kappa shape index (κ2) is 14.7. The largest absolute Gasteiger partial charge is 0.513 e. The Morgan fingerprint density at radius 3 is 2.17 bits per heavy atom. The summed E-state index contributed by atoms with van der Waals surface area (Å²) >= 11 is 0. The van der Waals surface area contributed by atoms with Gasteiger partial charge in [0.2, 0.25) is 0 Å². The molecule has 0 fully saturated rings. The molecule has 0 aliphatic carbocycles. The summed E-state index contributed by atoms with van der Waals surface area (Å²) in [4.78, 5) is 12.1. The van der Waals surface area contributed by atoms with Crippen LogP contribution in [0.3, 0.4) is 0 Å². The normalized spacial score (nSPS) is 10.7. The molecule has 0 N–H and O–H groups in total. The van der Waals surface area contributed by atoms with E-state index in [2.05, 4.69) is 50.2 Å². The Kier molecular flexibility index (Phi) is 11.7. The number of hydrogen-bond acceptors (Lipinski definition) is 3. The maximum absolute atomic E-state index is 12.1. The van der Waals surface area contributed by atoms with Crippen LogP contribution in [-0.4, -0.2) is 12.8 Å². The lowest BCUT2D eigenvalue weighted by Gasteiger charge is -2.14. The number of hydrogen-bond donors (Lipinski definition) is 0. The van der Waals surface area contributed by atoms with Crippen molar-refractivity contribution < 1.29 is 14.3 Å². The van der Waals surface area contributed by atoms with Crippen LogP contribution >= 0.6 is 0 Å². The molecule has 0 spiro atoms. The highest BCUT2D eigenvalue weighted by Crippen LogP contribution is 2.25. The summed E-state index contributed by atoms with van der Waals surface area (Å²) in [6.07, 6.45) is 11.5. The van der Waals surface area contributed by atoms with E-state index in [1.165, 1.54) is 36.8 Å². The summed E-state index contributed by atoms with van der Waals surface area (Å²) in [6, 6.07) is 16.6. The Hall–Kier alpha value is -2.29. The third-order valence-corrected chi connectivity index (χ3v) is 5.37. The minimum atomic E-state index is -0.580. The third-order valence-electron chi connectivity index (χ3n) is 5.37. The quantitative estimate of drug-likeness (QED) is 0.182. The van der Waals surface area contributed by atoms with Gasteiger partial charge in [-0.05, 0) is 54.9 Å². The Morgan fingerprint density at radius 2 is 1.43 bits per heavy atom. The van der Waals surface area contributed by atoms with Crippen molar-refractivity contribution in [1.29, 1.82) is 0 Å². The van der Waals surface area contributed by atoms with Crippen LogP contribution in [0.1, 0.15) is 81.9 Å². The molecule has 0 amide bonds. The number of rotatable bonds is 14. The molecule has 0 heterocycles. The minimum absolute atomic E-state index is 0.431. The summed E-state index contributed by atoms with van der Waals surface area (Å²) in [5, 5.41) is 0. The van der Waals surface area contributed by atoms with Crippen molar-refractivity contribution in [3.05, 3.63) is 65.2 Å². The predicted molar refractivity (Wildman–Crippen MR) is 124 cm³/mol. The average Bonchev–Trinajstić information content (AvgIpc) is 2.76. The molecule has 2 rings (SSSR count). The number of carbonyl (C=O) groups is 1. The number of carbonyl (C=O) groups excluding carboxylic acids is 1. The van der Waals surface area contributed by atoms with Crippen LogP contribution in [0.5, 0.6) is 5.75 Å². The zero-order chi connectivity index (χ0) is 21.4. The van der Waals surface area contributed by atoms with E-state index in [-0.39, 0.29) is 0 Å². The van der Waals surface area contributed by atoms with E-state index in [9.17, 15) is 4.79 Å². The first-order chi connectivity index (χ1) is 14.7. The summed E-state index contributed by atoms with van der Waals surface area (Å²) in [6.45, 7) is 4.74. The first-order valence-corrected chi connectivity index (χ1v) is 11.7. The monoisotopic (exact) mass is 410 g/mol. The molecular formula is C27H38O3. The zero-order valence-corrected chi connectivity index (χ0v) is 18.8. The van der Waals surface area contributed by atoms with Crippen LogP contribution < -0.4 is 4.74 Å². The van der Waals surface area contributed by atoms with Crippen molar-refractivity contribution in [3.8, 4) is 5.75 Å². The van der Waals surface area contributed by atoms with Gasteiger partial charge in [0.05, 0.1) is 6.61 Å². The topological polar surface area (TPSA) is 35.5 Å². The van der Waals surface area contributed by atoms with E-state index in [0.29, 0.717) is 12.4 Å². The number of benzene rings is 2. The van der Waals surface area contributed by atoms with E-state index < -0.39 is 6.16 Å². The number of ether oxygens (including phenoxy) is 2. The Labute approximate surface area is 182 Å². The summed E-state index contributed by atoms with van der Waals surface area (Å²) in [7, 11) is 0. The van der Waals surface area contributed by atoms with Crippen LogP contribution in [0.25, 0.3) is 0 Å². The lowest BCUT2D eigenvalue weighted by atomic mass is 9.99. The van der Waals surface area contributed by atoms with Crippen molar-refractivity contribution >= 4 is 6.16 Å². The van der Waals surface area contributed by atoms with E-state index in [4.69, 9.17) is 9.47 Å². The van der Waals surface area contributed by atoms with Gasteiger partial charge in [0.1, 0.15) is 5.75 Å². The van der Waals surface area contributed by atoms with Gasteiger partial charge in [-0.15, -0.1) is 0 Å². The molecule has 0 atom stereocenters. The van der Waals surface area contributed by atoms with E-state index in [1.807, 2.05) is 12.1 Å². The van der Waals surface area contributed by atoms with Gasteiger partial charge in [0, 0.05) is 0 Å². The van der Waals surface area contributed by atoms with Crippen LogP contribution in [-0.2, 0) is 24.0 Å². The van der Waals surface area contributed by atoms with Gasteiger partial charge in [-0.25, -0.2) is 4.79 Å². The molecule has 164 valence electrons. The third kappa shape index (κ3) is 9.02. The summed E-state index contributed by atoms with van der Waals surface area (Å²) < 4.78 is 10.8. The smallest absolute Gasteiger partial charge is 0.434 e. The average molecular weight is 411 g/mol. The second-order valence-electron chi connectivity index (χ2n) is 7.95. The SMILES string of the molecule is CCCc1cccc(OC(=O)OCCCCCCCCc2ccccc2)c1CCC. The van der Waals surface area contributed by atoms with Crippen molar-refractivity contribution in [2.45, 2.75) is 84.5 Å². The highest BCUT2D eigenvalue weighted by Gasteiger charge is 2.13. The molecule has 0 aliphatic heterocycles. The highest BCUT2D eigenvalue weighted by atomic mass is 16.7. The molecule has 0 aromatic heterocycles. The number of aryl methyl sites for hydroxylation is 2. The van der Waals surface area contributed by atoms with Crippen LogP contribution in [0, 0.1) is 0 Å². The Bertz CT molecular complexity index is 724. The molecule has 0 aliphatic rings. The second-order valence-corrected chi connectivity index (χ2v) is 7.95. The fourth-order valence-electron chi connectivity index (χ4n) is 3.80. The first kappa shape index (κ1) is 24.0. The van der Waals surface area contributed by atoms with Crippen molar-refractivity contribution in [3.63, 3.8) is 0 Å². The fourth-order valence-corrected chi connectivity index (χ4v) is 3.80. The van der Waals surface area contributed by atoms with Crippen molar-refractivity contribution in [2.75, 3.05) is 6.61 Å². The standard InChI is InChI=1S/C27H38O3/c1-3-15-24-20-14-21-26(25(24)16-4-2)30-27(28)29-22-13-8-6-5-7-10-17-23-18-11-9-12-19-23/h9,11-12,14,18-21H,3-8,10,13,15-17,22H2,1-2H3. The van der Waals surface area contributed by atoms with Gasteiger partial charge in [-0.1, -0.05) is 94.8 Å². The Balaban J connectivity index is 1.58. The van der Waals surface area contributed by atoms with E-state index in [0.717, 1.165) is 50.5 Å². The Morgan fingerprint density at radius 1 is 0.733 bits per heavy atom. The van der Waals surface area contributed by atoms with Gasteiger partial charge in [-0.3, -0.25) is 0 Å². The van der Waals surface area contributed by atoms with Gasteiger partial charge in [0.15, 0.2) is 0 Å². The maximum Gasteiger partial charge on any atom is 0.513 e.